The molecule has 0 N–H and O–H groups in total. The van der Waals surface area contributed by atoms with Crippen molar-refractivity contribution in [1.82, 2.24) is 0 Å². The minimum absolute atomic E-state index is 0.0701. The highest BCUT2D eigenvalue weighted by molar-refractivity contribution is 6.06. The number of rotatable bonds is 7. The summed E-state index contributed by atoms with van der Waals surface area (Å²) in [4.78, 5) is 38.1. The van der Waals surface area contributed by atoms with E-state index in [-0.39, 0.29) is 25.4 Å². The van der Waals surface area contributed by atoms with Crippen LogP contribution >= 0.6 is 0 Å². The Morgan fingerprint density at radius 1 is 1.08 bits per heavy atom. The van der Waals surface area contributed by atoms with Gasteiger partial charge in [0.25, 0.3) is 0 Å². The minimum atomic E-state index is -1.59. The molecule has 1 atom stereocenters. The Bertz CT molecular complexity index is 644. The van der Waals surface area contributed by atoms with E-state index in [0.29, 0.717) is 24.0 Å². The van der Waals surface area contributed by atoms with Crippen molar-refractivity contribution < 1.29 is 23.9 Å². The van der Waals surface area contributed by atoms with Crippen molar-refractivity contribution in [2.45, 2.75) is 33.1 Å². The van der Waals surface area contributed by atoms with E-state index >= 15 is 0 Å². The van der Waals surface area contributed by atoms with E-state index in [0.717, 1.165) is 0 Å². The molecule has 1 fully saturated rings. The van der Waals surface area contributed by atoms with E-state index in [9.17, 15) is 14.4 Å². The molecule has 0 radical (unpaired) electrons. The first-order chi connectivity index (χ1) is 12.0. The Kier molecular flexibility index (Phi) is 6.12. The number of benzene rings is 1. The van der Waals surface area contributed by atoms with Gasteiger partial charge in [0, 0.05) is 12.0 Å². The normalized spacial score (nSPS) is 18.6. The second-order valence-corrected chi connectivity index (χ2v) is 6.08. The Hall–Kier alpha value is -2.43. The minimum Gasteiger partial charge on any atom is -0.465 e. The molecule has 0 heterocycles. The van der Waals surface area contributed by atoms with Gasteiger partial charge < -0.3 is 9.47 Å². The highest BCUT2D eigenvalue weighted by Crippen LogP contribution is 2.50. The van der Waals surface area contributed by atoms with Crippen LogP contribution in [0.3, 0.4) is 0 Å². The van der Waals surface area contributed by atoms with E-state index in [1.807, 2.05) is 6.07 Å². The largest absolute Gasteiger partial charge is 0.465 e. The van der Waals surface area contributed by atoms with Crippen LogP contribution in [-0.2, 0) is 19.1 Å². The zero-order valence-electron chi connectivity index (χ0n) is 14.7. The van der Waals surface area contributed by atoms with Gasteiger partial charge >= 0.3 is 11.9 Å². The smallest absolute Gasteiger partial charge is 0.328 e. The highest BCUT2D eigenvalue weighted by Gasteiger charge is 2.60. The average Bonchev–Trinajstić information content (AvgIpc) is 2.93. The first kappa shape index (κ1) is 18.9. The monoisotopic (exact) mass is 344 g/mol. The summed E-state index contributed by atoms with van der Waals surface area (Å²) in [6, 6.07) is 8.84. The number of carbonyl (C=O) groups excluding carboxylic acids is 3. The van der Waals surface area contributed by atoms with E-state index in [4.69, 9.17) is 9.47 Å². The molecule has 0 saturated heterocycles. The molecule has 1 aromatic carbocycles. The summed E-state index contributed by atoms with van der Waals surface area (Å²) in [5.74, 6) is -1.95. The van der Waals surface area contributed by atoms with Crippen molar-refractivity contribution >= 4 is 17.7 Å². The predicted molar refractivity (Wildman–Crippen MR) is 93.0 cm³/mol. The Labute approximate surface area is 148 Å². The molecule has 0 aromatic heterocycles. The molecule has 1 saturated carbocycles. The third-order valence-electron chi connectivity index (χ3n) is 4.69. The number of ether oxygens (including phenoxy) is 2. The number of Topliss-reactive ketones (excluding diaryl/α,β-unsaturated/α-hetero) is 1. The summed E-state index contributed by atoms with van der Waals surface area (Å²) in [5, 5.41) is 0. The number of ketones is 1. The summed E-state index contributed by atoms with van der Waals surface area (Å²) in [7, 11) is 0. The molecule has 0 amide bonds. The first-order valence-corrected chi connectivity index (χ1v) is 8.59. The van der Waals surface area contributed by atoms with Gasteiger partial charge in [-0.05, 0) is 38.2 Å². The quantitative estimate of drug-likeness (QED) is 0.328. The third-order valence-corrected chi connectivity index (χ3v) is 4.69. The van der Waals surface area contributed by atoms with E-state index in [1.54, 1.807) is 38.1 Å². The fourth-order valence-corrected chi connectivity index (χ4v) is 3.47. The Morgan fingerprint density at radius 3 is 2.16 bits per heavy atom. The summed E-state index contributed by atoms with van der Waals surface area (Å²) in [5.41, 5.74) is -0.562. The molecule has 1 unspecified atom stereocenters. The molecule has 0 spiro atoms. The maximum absolute atomic E-state index is 12.7. The SMILES string of the molecule is C=C1CCC(CC(=O)c2ccccc2)C1(C(=O)OCC)C(=O)OCC. The van der Waals surface area contributed by atoms with Gasteiger partial charge in [0.1, 0.15) is 0 Å². The van der Waals surface area contributed by atoms with Gasteiger partial charge in [0.2, 0.25) is 0 Å². The van der Waals surface area contributed by atoms with Crippen LogP contribution in [0.2, 0.25) is 0 Å². The number of carbonyl (C=O) groups is 3. The molecule has 5 nitrogen and oxygen atoms in total. The van der Waals surface area contributed by atoms with Crippen molar-refractivity contribution in [2.24, 2.45) is 11.3 Å². The summed E-state index contributed by atoms with van der Waals surface area (Å²) >= 11 is 0. The topological polar surface area (TPSA) is 69.7 Å². The van der Waals surface area contributed by atoms with E-state index in [1.165, 1.54) is 0 Å². The second kappa shape index (κ2) is 8.10. The van der Waals surface area contributed by atoms with Gasteiger partial charge in [0.15, 0.2) is 11.2 Å². The standard InChI is InChI=1S/C20H24O5/c1-4-24-18(22)20(19(23)25-5-2)14(3)11-12-16(20)13-17(21)15-9-7-6-8-10-15/h6-10,16H,3-5,11-13H2,1-2H3. The van der Waals surface area contributed by atoms with Crippen LogP contribution in [0.4, 0.5) is 0 Å². The van der Waals surface area contributed by atoms with Crippen LogP contribution in [0.1, 0.15) is 43.5 Å². The molecule has 1 aliphatic carbocycles. The molecule has 134 valence electrons. The van der Waals surface area contributed by atoms with Crippen molar-refractivity contribution in [2.75, 3.05) is 13.2 Å². The fraction of sp³-hybridized carbons (Fsp3) is 0.450. The van der Waals surface area contributed by atoms with E-state index < -0.39 is 23.3 Å². The third kappa shape index (κ3) is 3.50. The zero-order chi connectivity index (χ0) is 18.4. The zero-order valence-corrected chi connectivity index (χ0v) is 14.7. The van der Waals surface area contributed by atoms with Crippen LogP contribution in [0.15, 0.2) is 42.5 Å². The summed E-state index contributed by atoms with van der Waals surface area (Å²) in [6.07, 6.45) is 1.08. The molecule has 2 rings (SSSR count). The van der Waals surface area contributed by atoms with E-state index in [2.05, 4.69) is 6.58 Å². The van der Waals surface area contributed by atoms with Gasteiger partial charge in [-0.15, -0.1) is 0 Å². The van der Waals surface area contributed by atoms with Gasteiger partial charge in [-0.2, -0.15) is 0 Å². The van der Waals surface area contributed by atoms with Crippen molar-refractivity contribution in [3.05, 3.63) is 48.0 Å². The molecule has 5 heteroatoms. The number of hydrogen-bond acceptors (Lipinski definition) is 5. The fourth-order valence-electron chi connectivity index (χ4n) is 3.47. The van der Waals surface area contributed by atoms with Crippen molar-refractivity contribution in [1.29, 1.82) is 0 Å². The molecule has 0 bridgehead atoms. The first-order valence-electron chi connectivity index (χ1n) is 8.59. The predicted octanol–water partition coefficient (Wildman–Crippen LogP) is 3.34. The highest BCUT2D eigenvalue weighted by atomic mass is 16.6. The van der Waals surface area contributed by atoms with Crippen LogP contribution in [0.25, 0.3) is 0 Å². The van der Waals surface area contributed by atoms with Gasteiger partial charge in [0.05, 0.1) is 13.2 Å². The Balaban J connectivity index is 2.36. The summed E-state index contributed by atoms with van der Waals surface area (Å²) < 4.78 is 10.3. The van der Waals surface area contributed by atoms with Gasteiger partial charge in [-0.25, -0.2) is 0 Å². The lowest BCUT2D eigenvalue weighted by Gasteiger charge is -2.31. The second-order valence-electron chi connectivity index (χ2n) is 6.08. The lowest BCUT2D eigenvalue weighted by atomic mass is 9.73. The maximum Gasteiger partial charge on any atom is 0.328 e. The molecule has 25 heavy (non-hydrogen) atoms. The van der Waals surface area contributed by atoms with Crippen molar-refractivity contribution in [3.63, 3.8) is 0 Å². The van der Waals surface area contributed by atoms with Crippen LogP contribution in [-0.4, -0.2) is 30.9 Å². The average molecular weight is 344 g/mol. The van der Waals surface area contributed by atoms with Crippen molar-refractivity contribution in [3.8, 4) is 0 Å². The summed E-state index contributed by atoms with van der Waals surface area (Å²) in [6.45, 7) is 7.58. The van der Waals surface area contributed by atoms with Gasteiger partial charge in [-0.1, -0.05) is 36.9 Å². The molecular weight excluding hydrogens is 320 g/mol. The maximum atomic E-state index is 12.7. The number of hydrogen-bond donors (Lipinski definition) is 0. The lowest BCUT2D eigenvalue weighted by molar-refractivity contribution is -0.171. The Morgan fingerprint density at radius 2 is 1.64 bits per heavy atom. The van der Waals surface area contributed by atoms with Crippen LogP contribution in [0.5, 0.6) is 0 Å². The van der Waals surface area contributed by atoms with Gasteiger partial charge in [-0.3, -0.25) is 14.4 Å². The number of esters is 2. The van der Waals surface area contributed by atoms with Crippen LogP contribution < -0.4 is 0 Å². The van der Waals surface area contributed by atoms with Crippen LogP contribution in [0, 0.1) is 11.3 Å². The molecule has 1 aromatic rings. The molecular formula is C20H24O5. The molecule has 1 aliphatic rings. The lowest BCUT2D eigenvalue weighted by Crippen LogP contribution is -2.46. The molecule has 0 aliphatic heterocycles.